The summed E-state index contributed by atoms with van der Waals surface area (Å²) in [6.07, 6.45) is 11.8. The largest absolute Gasteiger partial charge is 0.496 e. The first-order valence-corrected chi connectivity index (χ1v) is 46.4. The maximum Gasteiger partial charge on any atom is 0.281 e. The molecule has 28 heteroatoms. The van der Waals surface area contributed by atoms with Crippen LogP contribution in [-0.4, -0.2) is 99.8 Å². The number of sulfonamides is 3. The molecule has 0 fully saturated rings. The average molecular weight is 1820 g/mol. The van der Waals surface area contributed by atoms with E-state index >= 15 is 0 Å². The van der Waals surface area contributed by atoms with Gasteiger partial charge in [-0.2, -0.15) is 0 Å². The summed E-state index contributed by atoms with van der Waals surface area (Å²) in [5.74, 6) is 0.583. The molecule has 0 saturated carbocycles. The highest BCUT2D eigenvalue weighted by molar-refractivity contribution is 7.90. The standard InChI is InChI=1S/C35H30ClN3O4S.C32H30ClN3O5S.C32H30ClN3O4S/c1-22-20-24(21-23(2)32(22)36)43-19-9-15-30-29-14-8-13-28(26-17-18-37-31-16-7-6-12-27(26)31)33(29)38-34(30)35(40)39-44(41,42)25-10-4-3-5-11-25;1-20-17-22(18-21(2)29(20)33)41-16-8-13-25-24-11-7-12-26(27-19-34-15-14-28(27)40-3)30(24)35-31(25)32(37)36-42(38,39)23-9-5-4-6-10-23;1-20-14-15-34-19-28(20)27-12-7-11-25-26(13-8-16-40-23-17-21(2)29(33)22(3)18-23)31(35-30(25)27)32(37)36-41(38,39)24-9-5-4-6-10-24/h3-8,10-14,16-18,20-21,38H,9,15,19H2,1-2H3,(H,39,40);4-7,9-12,14-15,17-19,35H,8,13,16H2,1-3H3,(H,36,37);4-7,9-12,14-15,17-19,35H,8,13,16H2,1-3H3,(H,36,37). The van der Waals surface area contributed by atoms with Gasteiger partial charge in [0, 0.05) is 95.4 Å². The van der Waals surface area contributed by atoms with Crippen molar-refractivity contribution in [2.24, 2.45) is 0 Å². The summed E-state index contributed by atoms with van der Waals surface area (Å²) in [5, 5.41) is 5.59. The van der Waals surface area contributed by atoms with Gasteiger partial charge in [0.15, 0.2) is 0 Å². The molecular formula is C99H90Cl3N9O13S3. The van der Waals surface area contributed by atoms with Crippen molar-refractivity contribution in [1.29, 1.82) is 0 Å². The van der Waals surface area contributed by atoms with Gasteiger partial charge in [-0.3, -0.25) is 29.3 Å². The predicted molar refractivity (Wildman–Crippen MR) is 501 cm³/mol. The summed E-state index contributed by atoms with van der Waals surface area (Å²) < 4.78 is 109. The minimum absolute atomic E-state index is 0.00116. The Morgan fingerprint density at radius 1 is 0.346 bits per heavy atom. The van der Waals surface area contributed by atoms with Crippen LogP contribution in [0.1, 0.15) is 106 Å². The second-order valence-electron chi connectivity index (χ2n) is 30.5. The summed E-state index contributed by atoms with van der Waals surface area (Å²) in [4.78, 5) is 63.6. The number of fused-ring (bicyclic) bond motifs is 4. The van der Waals surface area contributed by atoms with Gasteiger partial charge in [-0.15, -0.1) is 0 Å². The van der Waals surface area contributed by atoms with Crippen molar-refractivity contribution in [1.82, 2.24) is 44.1 Å². The Balaban J connectivity index is 0.000000154. The molecule has 127 heavy (non-hydrogen) atoms. The minimum Gasteiger partial charge on any atom is -0.496 e. The number of halogens is 3. The molecule has 0 aliphatic heterocycles. The number of nitrogens with one attached hydrogen (secondary N) is 6. The van der Waals surface area contributed by atoms with Crippen molar-refractivity contribution in [2.45, 2.75) is 102 Å². The van der Waals surface area contributed by atoms with Crippen LogP contribution >= 0.6 is 34.8 Å². The molecule has 0 saturated heterocycles. The van der Waals surface area contributed by atoms with E-state index in [1.165, 1.54) is 36.4 Å². The van der Waals surface area contributed by atoms with Crippen LogP contribution in [0.2, 0.25) is 15.1 Å². The Kier molecular flexibility index (Phi) is 28.1. The van der Waals surface area contributed by atoms with Crippen LogP contribution < -0.4 is 33.1 Å². The first kappa shape index (κ1) is 90.1. The molecule has 6 N–H and O–H groups in total. The van der Waals surface area contributed by atoms with Crippen LogP contribution in [0.4, 0.5) is 0 Å². The van der Waals surface area contributed by atoms with Crippen LogP contribution in [0, 0.1) is 48.5 Å². The Morgan fingerprint density at radius 3 is 1.03 bits per heavy atom. The van der Waals surface area contributed by atoms with E-state index in [1.807, 2.05) is 176 Å². The Hall–Kier alpha value is -13.1. The lowest BCUT2D eigenvalue weighted by atomic mass is 9.97. The Labute approximate surface area is 751 Å². The van der Waals surface area contributed by atoms with Crippen molar-refractivity contribution in [3.63, 3.8) is 0 Å². The van der Waals surface area contributed by atoms with Gasteiger partial charge in [-0.1, -0.05) is 162 Å². The topological polar surface area (TPSA) is 313 Å². The number of carbonyl (C=O) groups is 3. The van der Waals surface area contributed by atoms with Gasteiger partial charge >= 0.3 is 0 Å². The van der Waals surface area contributed by atoms with Gasteiger partial charge < -0.3 is 33.9 Å². The van der Waals surface area contributed by atoms with Crippen molar-refractivity contribution in [3.05, 3.63) is 343 Å². The number of rotatable bonds is 28. The smallest absolute Gasteiger partial charge is 0.281 e. The lowest BCUT2D eigenvalue weighted by Gasteiger charge is -2.11. The van der Waals surface area contributed by atoms with Gasteiger partial charge in [0.25, 0.3) is 47.8 Å². The lowest BCUT2D eigenvalue weighted by Crippen LogP contribution is -2.31. The van der Waals surface area contributed by atoms with Gasteiger partial charge in [-0.05, 0) is 245 Å². The molecule has 10 aromatic carbocycles. The molecule has 0 radical (unpaired) electrons. The summed E-state index contributed by atoms with van der Waals surface area (Å²) in [6, 6.07) is 65.8. The number of hydrogen-bond donors (Lipinski definition) is 6. The number of benzene rings is 10. The third kappa shape index (κ3) is 20.5. The number of aryl methyl sites for hydroxylation is 10. The van der Waals surface area contributed by atoms with Crippen molar-refractivity contribution in [3.8, 4) is 56.4 Å². The van der Waals surface area contributed by atoms with E-state index < -0.39 is 47.8 Å². The van der Waals surface area contributed by atoms with E-state index in [1.54, 1.807) is 98.8 Å². The summed E-state index contributed by atoms with van der Waals surface area (Å²) in [7, 11) is -10.7. The molecular weight excluding hydrogens is 1730 g/mol. The third-order valence-corrected chi connectivity index (χ3v) is 27.5. The van der Waals surface area contributed by atoms with E-state index in [9.17, 15) is 39.6 Å². The molecule has 0 spiro atoms. The number of aromatic amines is 3. The Morgan fingerprint density at radius 2 is 0.669 bits per heavy atom. The first-order valence-electron chi connectivity index (χ1n) is 40.8. The van der Waals surface area contributed by atoms with E-state index in [-0.39, 0.29) is 31.8 Å². The van der Waals surface area contributed by atoms with Gasteiger partial charge in [0.2, 0.25) is 0 Å². The van der Waals surface area contributed by atoms with Crippen LogP contribution in [0.25, 0.3) is 77.0 Å². The highest BCUT2D eigenvalue weighted by atomic mass is 35.5. The normalized spacial score (nSPS) is 11.5. The molecule has 0 atom stereocenters. The van der Waals surface area contributed by atoms with E-state index in [4.69, 9.17) is 53.8 Å². The fourth-order valence-electron chi connectivity index (χ4n) is 15.5. The Bertz CT molecular complexity index is 7120. The third-order valence-electron chi connectivity index (χ3n) is 21.7. The zero-order chi connectivity index (χ0) is 89.8. The quantitative estimate of drug-likeness (QED) is 0.0248. The molecule has 648 valence electrons. The number of ether oxygens (including phenoxy) is 4. The first-order chi connectivity index (χ1) is 61.1. The maximum atomic E-state index is 13.7. The fourth-order valence-corrected chi connectivity index (χ4v) is 18.7. The van der Waals surface area contributed by atoms with Crippen LogP contribution in [-0.2, 0) is 49.3 Å². The molecule has 0 aliphatic carbocycles. The number of methoxy groups -OCH3 is 1. The summed E-state index contributed by atoms with van der Waals surface area (Å²) >= 11 is 18.9. The van der Waals surface area contributed by atoms with E-state index in [0.717, 1.165) is 138 Å². The second-order valence-corrected chi connectivity index (χ2v) is 36.7. The monoisotopic (exact) mass is 1810 g/mol. The summed E-state index contributed by atoms with van der Waals surface area (Å²) in [6.45, 7) is 14.8. The van der Waals surface area contributed by atoms with Crippen molar-refractivity contribution >= 4 is 126 Å². The lowest BCUT2D eigenvalue weighted by molar-refractivity contribution is 0.0967. The molecule has 0 bridgehead atoms. The molecule has 6 aromatic heterocycles. The number of nitrogens with zero attached hydrogens (tertiary/aromatic N) is 3. The number of amides is 3. The van der Waals surface area contributed by atoms with Crippen molar-refractivity contribution in [2.75, 3.05) is 26.9 Å². The molecule has 6 heterocycles. The number of pyridine rings is 3. The number of carbonyl (C=O) groups excluding carboxylic acids is 3. The minimum atomic E-state index is -4.09. The molecule has 22 nitrogen and oxygen atoms in total. The van der Waals surface area contributed by atoms with E-state index in [0.29, 0.717) is 91.5 Å². The second kappa shape index (κ2) is 39.6. The van der Waals surface area contributed by atoms with Gasteiger partial charge in [-0.25, -0.2) is 39.4 Å². The number of H-pyrrole nitrogens is 3. The molecule has 0 aliphatic rings. The zero-order valence-corrected chi connectivity index (χ0v) is 75.3. The molecule has 0 unspecified atom stereocenters. The average Bonchev–Trinajstić information content (AvgIpc) is 1.62. The maximum absolute atomic E-state index is 13.7. The predicted octanol–water partition coefficient (Wildman–Crippen LogP) is 21.4. The number of para-hydroxylation sites is 4. The molecule has 16 rings (SSSR count). The van der Waals surface area contributed by atoms with E-state index in [2.05, 4.69) is 44.1 Å². The summed E-state index contributed by atoms with van der Waals surface area (Å²) in [5.41, 5.74) is 17.5. The van der Waals surface area contributed by atoms with Crippen LogP contribution in [0.3, 0.4) is 0 Å². The zero-order valence-electron chi connectivity index (χ0n) is 70.6. The molecule has 16 aromatic rings. The van der Waals surface area contributed by atoms with Crippen molar-refractivity contribution < 1.29 is 58.6 Å². The van der Waals surface area contributed by atoms with Crippen LogP contribution in [0.5, 0.6) is 23.0 Å². The number of hydrogen-bond acceptors (Lipinski definition) is 16. The fraction of sp³-hybridized carbons (Fsp3) is 0.172. The number of aromatic nitrogens is 6. The SMILES string of the molecule is COc1ccncc1-c1cccc2c(CCCOc3cc(C)c(Cl)c(C)c3)c(C(=O)NS(=O)(=O)c3ccccc3)[nH]c12.Cc1cc(OCCCc2c(C(=O)NS(=O)(=O)c3ccccc3)[nH]c3c(-c4ccnc5ccccc45)cccc23)cc(C)c1Cl.Cc1ccncc1-c1cccc2c(CCCOc3cc(C)c(Cl)c(C)c3)c(C(=O)NS(=O)(=O)c3ccccc3)[nH]c12. The highest BCUT2D eigenvalue weighted by Gasteiger charge is 2.30. The molecule has 3 amide bonds. The van der Waals surface area contributed by atoms with Gasteiger partial charge in [0.05, 0.1) is 63.7 Å². The highest BCUT2D eigenvalue weighted by Crippen LogP contribution is 2.41. The van der Waals surface area contributed by atoms with Gasteiger partial charge in [0.1, 0.15) is 40.1 Å². The van der Waals surface area contributed by atoms with Crippen LogP contribution in [0.15, 0.2) is 270 Å².